The van der Waals surface area contributed by atoms with Crippen LogP contribution in [0.2, 0.25) is 0 Å². The zero-order valence-corrected chi connectivity index (χ0v) is 13.2. The number of imidazole rings is 1. The topological polar surface area (TPSA) is 72.7 Å². The average molecular weight is 314 g/mol. The first-order chi connectivity index (χ1) is 9.43. The van der Waals surface area contributed by atoms with Gasteiger partial charge in [-0.1, -0.05) is 6.92 Å². The van der Waals surface area contributed by atoms with Gasteiger partial charge < -0.3 is 4.98 Å². The van der Waals surface area contributed by atoms with Crippen LogP contribution in [0, 0.1) is 4.77 Å². The van der Waals surface area contributed by atoms with Gasteiger partial charge in [-0.25, -0.2) is 8.42 Å². The zero-order chi connectivity index (χ0) is 14.5. The number of fused-ring (bicyclic) bond motifs is 1. The summed E-state index contributed by atoms with van der Waals surface area (Å²) < 4.78 is 27.7. The van der Waals surface area contributed by atoms with E-state index in [0.717, 1.165) is 23.3 Å². The number of H-pyrrole nitrogens is 1. The molecule has 1 aliphatic rings. The predicted molar refractivity (Wildman–Crippen MR) is 80.2 cm³/mol. The molecule has 0 aliphatic carbocycles. The molecule has 1 N–H and O–H groups in total. The molecule has 1 saturated heterocycles. The molecule has 2 aromatic heterocycles. The van der Waals surface area contributed by atoms with Crippen molar-refractivity contribution in [2.45, 2.75) is 32.2 Å². The fourth-order valence-electron chi connectivity index (χ4n) is 2.96. The van der Waals surface area contributed by atoms with Gasteiger partial charge in [0.1, 0.15) is 15.4 Å². The molecule has 0 atom stereocenters. The maximum absolute atomic E-state index is 11.6. The van der Waals surface area contributed by atoms with Gasteiger partial charge in [0.05, 0.1) is 17.2 Å². The Kier molecular flexibility index (Phi) is 3.24. The van der Waals surface area contributed by atoms with Crippen molar-refractivity contribution in [2.75, 3.05) is 11.5 Å². The number of sulfone groups is 1. The fourth-order valence-corrected chi connectivity index (χ4v) is 4.76. The third kappa shape index (κ3) is 2.10. The van der Waals surface area contributed by atoms with E-state index in [1.54, 1.807) is 0 Å². The third-order valence-electron chi connectivity index (χ3n) is 3.99. The van der Waals surface area contributed by atoms with Gasteiger partial charge in [-0.05, 0) is 31.5 Å². The second kappa shape index (κ2) is 4.70. The van der Waals surface area contributed by atoms with Crippen LogP contribution in [0.4, 0.5) is 0 Å². The molecule has 3 heterocycles. The minimum atomic E-state index is -2.86. The first-order valence-corrected chi connectivity index (χ1v) is 9.02. The lowest BCUT2D eigenvalue weighted by atomic mass is 10.1. The molecule has 0 spiro atoms. The molecule has 20 heavy (non-hydrogen) atoms. The molecule has 1 aliphatic heterocycles. The Bertz CT molecular complexity index is 798. The molecule has 0 bridgehead atoms. The van der Waals surface area contributed by atoms with Crippen LogP contribution in [0.25, 0.3) is 11.2 Å². The number of nitrogens with one attached hydrogen (secondary N) is 1. The van der Waals surface area contributed by atoms with Gasteiger partial charge in [0.25, 0.3) is 0 Å². The molecule has 6 nitrogen and oxygen atoms in total. The molecule has 0 saturated carbocycles. The molecule has 0 radical (unpaired) electrons. The minimum Gasteiger partial charge on any atom is -0.328 e. The highest BCUT2D eigenvalue weighted by molar-refractivity contribution is 7.91. The van der Waals surface area contributed by atoms with Crippen molar-refractivity contribution in [1.29, 1.82) is 0 Å². The van der Waals surface area contributed by atoms with Gasteiger partial charge in [0, 0.05) is 13.1 Å². The Morgan fingerprint density at radius 1 is 1.40 bits per heavy atom. The Balaban J connectivity index is 2.10. The maximum atomic E-state index is 11.6. The molecular formula is C12H18N4O2S2. The summed E-state index contributed by atoms with van der Waals surface area (Å²) in [4.78, 5) is 3.23. The van der Waals surface area contributed by atoms with Gasteiger partial charge in [-0.15, -0.1) is 0 Å². The summed E-state index contributed by atoms with van der Waals surface area (Å²) in [6.45, 7) is 2.06. The van der Waals surface area contributed by atoms with Gasteiger partial charge in [-0.3, -0.25) is 9.25 Å². The summed E-state index contributed by atoms with van der Waals surface area (Å²) in [5, 5.41) is 4.49. The van der Waals surface area contributed by atoms with E-state index in [9.17, 15) is 8.42 Å². The van der Waals surface area contributed by atoms with E-state index in [0.29, 0.717) is 17.6 Å². The van der Waals surface area contributed by atoms with E-state index in [4.69, 9.17) is 12.2 Å². The van der Waals surface area contributed by atoms with E-state index >= 15 is 0 Å². The molecular weight excluding hydrogens is 296 g/mol. The Hall–Kier alpha value is -1.15. The van der Waals surface area contributed by atoms with E-state index in [2.05, 4.69) is 17.0 Å². The van der Waals surface area contributed by atoms with Crippen molar-refractivity contribution in [1.82, 2.24) is 19.3 Å². The van der Waals surface area contributed by atoms with Gasteiger partial charge in [0.15, 0.2) is 10.4 Å². The van der Waals surface area contributed by atoms with Gasteiger partial charge in [0.2, 0.25) is 0 Å². The number of aromatic nitrogens is 4. The highest BCUT2D eigenvalue weighted by atomic mass is 32.2. The molecule has 1 fully saturated rings. The molecule has 110 valence electrons. The van der Waals surface area contributed by atoms with E-state index in [-0.39, 0.29) is 17.5 Å². The number of aromatic amines is 1. The van der Waals surface area contributed by atoms with Crippen molar-refractivity contribution in [2.24, 2.45) is 7.05 Å². The molecule has 0 amide bonds. The van der Waals surface area contributed by atoms with Crippen LogP contribution in [-0.4, -0.2) is 39.3 Å². The summed E-state index contributed by atoms with van der Waals surface area (Å²) >= 11 is 5.43. The average Bonchev–Trinajstić information content (AvgIpc) is 2.87. The zero-order valence-electron chi connectivity index (χ0n) is 11.6. The highest BCUT2D eigenvalue weighted by Gasteiger charge is 2.27. The predicted octanol–water partition coefficient (Wildman–Crippen LogP) is 1.74. The number of hydrogen-bond donors (Lipinski definition) is 1. The minimum absolute atomic E-state index is 0.139. The molecule has 3 rings (SSSR count). The van der Waals surface area contributed by atoms with Gasteiger partial charge in [-0.2, -0.15) is 5.10 Å². The Labute approximate surface area is 122 Å². The molecule has 0 aromatic carbocycles. The van der Waals surface area contributed by atoms with E-state index in [1.165, 1.54) is 0 Å². The van der Waals surface area contributed by atoms with Crippen molar-refractivity contribution in [3.8, 4) is 0 Å². The number of nitrogens with zero attached hydrogens (tertiary/aromatic N) is 3. The van der Waals surface area contributed by atoms with Crippen molar-refractivity contribution < 1.29 is 8.42 Å². The van der Waals surface area contributed by atoms with Crippen LogP contribution < -0.4 is 0 Å². The summed E-state index contributed by atoms with van der Waals surface area (Å²) in [6.07, 6.45) is 2.08. The number of rotatable bonds is 2. The van der Waals surface area contributed by atoms with E-state index < -0.39 is 9.84 Å². The first kappa shape index (κ1) is 13.8. The summed E-state index contributed by atoms with van der Waals surface area (Å²) in [5.74, 6) is 0.481. The quantitative estimate of drug-likeness (QED) is 0.857. The maximum Gasteiger partial charge on any atom is 0.179 e. The second-order valence-corrected chi connectivity index (χ2v) is 8.00. The van der Waals surface area contributed by atoms with Crippen molar-refractivity contribution >= 4 is 33.2 Å². The Morgan fingerprint density at radius 3 is 2.65 bits per heavy atom. The van der Waals surface area contributed by atoms with Crippen LogP contribution in [0.5, 0.6) is 0 Å². The number of aryl methyl sites for hydroxylation is 2. The molecule has 8 heteroatoms. The van der Waals surface area contributed by atoms with Crippen molar-refractivity contribution in [3.05, 3.63) is 10.5 Å². The van der Waals surface area contributed by atoms with Crippen molar-refractivity contribution in [3.63, 3.8) is 0 Å². The van der Waals surface area contributed by atoms with E-state index in [1.807, 2.05) is 16.3 Å². The fraction of sp³-hybridized carbons (Fsp3) is 0.667. The normalized spacial score (nSPS) is 19.7. The van der Waals surface area contributed by atoms with Crippen LogP contribution in [0.15, 0.2) is 0 Å². The van der Waals surface area contributed by atoms with Crippen LogP contribution in [-0.2, 0) is 23.3 Å². The number of hydrogen-bond acceptors (Lipinski definition) is 4. The monoisotopic (exact) mass is 314 g/mol. The lowest BCUT2D eigenvalue weighted by Crippen LogP contribution is -2.26. The van der Waals surface area contributed by atoms with Crippen LogP contribution in [0.3, 0.4) is 0 Å². The van der Waals surface area contributed by atoms with Crippen LogP contribution >= 0.6 is 12.2 Å². The largest absolute Gasteiger partial charge is 0.328 e. The lowest BCUT2D eigenvalue weighted by Gasteiger charge is -2.23. The Morgan fingerprint density at radius 2 is 2.05 bits per heavy atom. The van der Waals surface area contributed by atoms with Gasteiger partial charge >= 0.3 is 0 Å². The molecule has 0 unspecified atom stereocenters. The molecule has 2 aromatic rings. The third-order valence-corrected chi connectivity index (χ3v) is 6.01. The summed E-state index contributed by atoms with van der Waals surface area (Å²) in [5.41, 5.74) is 2.94. The highest BCUT2D eigenvalue weighted by Crippen LogP contribution is 2.29. The SMILES string of the molecule is CCc1nn(C)c2c1[nH]c(=S)n2C1CCS(=O)(=O)CC1. The summed E-state index contributed by atoms with van der Waals surface area (Å²) in [6, 6.07) is 0.139. The standard InChI is InChI=1S/C12H18N4O2S2/c1-3-9-10-11(15(2)14-9)16(12(19)13-10)8-4-6-20(17,18)7-5-8/h8H,3-7H2,1-2H3,(H,13,19). The van der Waals surface area contributed by atoms with Crippen LogP contribution in [0.1, 0.15) is 31.5 Å². The lowest BCUT2D eigenvalue weighted by molar-refractivity contribution is 0.449. The smallest absolute Gasteiger partial charge is 0.179 e. The second-order valence-electron chi connectivity index (χ2n) is 5.31. The summed E-state index contributed by atoms with van der Waals surface area (Å²) in [7, 11) is -0.959. The first-order valence-electron chi connectivity index (χ1n) is 6.79.